The number of rotatable bonds is 6. The van der Waals surface area contributed by atoms with Gasteiger partial charge >= 0.3 is 5.97 Å². The molecule has 0 atom stereocenters. The molecule has 0 fully saturated rings. The van der Waals surface area contributed by atoms with Crippen LogP contribution >= 0.6 is 0 Å². The Bertz CT molecular complexity index is 1380. The summed E-state index contributed by atoms with van der Waals surface area (Å²) >= 11 is 0. The summed E-state index contributed by atoms with van der Waals surface area (Å²) in [6.45, 7) is 0.616. The molecule has 0 saturated carbocycles. The minimum Gasteiger partial charge on any atom is -0.465 e. The van der Waals surface area contributed by atoms with Gasteiger partial charge in [0.15, 0.2) is 0 Å². The van der Waals surface area contributed by atoms with Crippen LogP contribution in [0.5, 0.6) is 0 Å². The van der Waals surface area contributed by atoms with Gasteiger partial charge in [-0.3, -0.25) is 4.79 Å². The summed E-state index contributed by atoms with van der Waals surface area (Å²) < 4.78 is 6.56. The summed E-state index contributed by atoms with van der Waals surface area (Å²) in [6.07, 6.45) is 3.46. The van der Waals surface area contributed by atoms with E-state index in [4.69, 9.17) is 4.74 Å². The Morgan fingerprint density at radius 2 is 1.82 bits per heavy atom. The molecule has 1 aliphatic rings. The Balaban J connectivity index is 1.53. The number of nitrogens with one attached hydrogen (secondary N) is 2. The van der Waals surface area contributed by atoms with Crippen molar-refractivity contribution < 1.29 is 14.3 Å². The number of hydrogen-bond acceptors (Lipinski definition) is 6. The Labute approximate surface area is 195 Å². The van der Waals surface area contributed by atoms with Crippen LogP contribution in [0, 0.1) is 0 Å². The van der Waals surface area contributed by atoms with E-state index in [0.717, 1.165) is 16.8 Å². The van der Waals surface area contributed by atoms with Crippen molar-refractivity contribution >= 4 is 34.5 Å². The largest absolute Gasteiger partial charge is 0.465 e. The molecule has 0 bridgehead atoms. The average molecular weight is 451 g/mol. The van der Waals surface area contributed by atoms with E-state index in [2.05, 4.69) is 20.9 Å². The Morgan fingerprint density at radius 1 is 1.03 bits per heavy atom. The van der Waals surface area contributed by atoms with Gasteiger partial charge in [0.25, 0.3) is 5.91 Å². The fraction of sp³-hybridized carbons (Fsp3) is 0.0769. The maximum Gasteiger partial charge on any atom is 0.337 e. The summed E-state index contributed by atoms with van der Waals surface area (Å²) in [7, 11) is 1.33. The zero-order chi connectivity index (χ0) is 23.5. The molecule has 4 aromatic rings. The zero-order valence-electron chi connectivity index (χ0n) is 18.4. The van der Waals surface area contributed by atoms with Crippen molar-refractivity contribution in [2.45, 2.75) is 6.54 Å². The maximum absolute atomic E-state index is 13.1. The molecule has 8 heteroatoms. The van der Waals surface area contributed by atoms with Crippen LogP contribution in [0.25, 0.3) is 11.3 Å². The lowest BCUT2D eigenvalue weighted by atomic mass is 9.99. The number of fused-ring (bicyclic) bond motifs is 1. The van der Waals surface area contributed by atoms with Crippen LogP contribution in [0.15, 0.2) is 85.2 Å². The van der Waals surface area contributed by atoms with E-state index in [1.54, 1.807) is 29.1 Å². The molecule has 34 heavy (non-hydrogen) atoms. The normalized spacial score (nSPS) is 13.7. The molecule has 8 nitrogen and oxygen atoms in total. The van der Waals surface area contributed by atoms with Gasteiger partial charge in [0, 0.05) is 17.4 Å². The van der Waals surface area contributed by atoms with Crippen LogP contribution in [-0.2, 0) is 16.1 Å². The highest BCUT2D eigenvalue weighted by Gasteiger charge is 2.29. The minimum absolute atomic E-state index is 0.244. The Morgan fingerprint density at radius 3 is 2.53 bits per heavy atom. The summed E-state index contributed by atoms with van der Waals surface area (Å²) in [4.78, 5) is 25.0. The molecule has 1 aromatic heterocycles. The molecule has 5 rings (SSSR count). The second kappa shape index (κ2) is 9.03. The lowest BCUT2D eigenvalue weighted by Crippen LogP contribution is -2.10. The second-order valence-corrected chi connectivity index (χ2v) is 7.74. The zero-order valence-corrected chi connectivity index (χ0v) is 18.4. The van der Waals surface area contributed by atoms with E-state index in [1.807, 2.05) is 60.8 Å². The molecule has 1 aliphatic heterocycles. The van der Waals surface area contributed by atoms with Gasteiger partial charge in [-0.15, -0.1) is 5.10 Å². The minimum atomic E-state index is -0.457. The van der Waals surface area contributed by atoms with E-state index >= 15 is 0 Å². The molecular weight excluding hydrogens is 430 g/mol. The predicted octanol–water partition coefficient (Wildman–Crippen LogP) is 4.05. The monoisotopic (exact) mass is 451 g/mol. The lowest BCUT2D eigenvalue weighted by Gasteiger charge is -2.15. The fourth-order valence-corrected chi connectivity index (χ4v) is 3.89. The van der Waals surface area contributed by atoms with Gasteiger partial charge in [0.1, 0.15) is 0 Å². The van der Waals surface area contributed by atoms with E-state index in [9.17, 15) is 9.59 Å². The van der Waals surface area contributed by atoms with Crippen LogP contribution in [0.3, 0.4) is 0 Å². The highest BCUT2D eigenvalue weighted by molar-refractivity contribution is 6.37. The quantitative estimate of drug-likeness (QED) is 0.339. The number of carbonyl (C=O) groups is 2. The number of nitrogens with zero attached hydrogens (tertiary/aromatic N) is 3. The van der Waals surface area contributed by atoms with Crippen LogP contribution in [0.2, 0.25) is 0 Å². The van der Waals surface area contributed by atoms with Crippen LogP contribution in [-0.4, -0.2) is 34.0 Å². The first kappa shape index (κ1) is 21.1. The van der Waals surface area contributed by atoms with Crippen LogP contribution in [0.4, 0.5) is 11.4 Å². The molecule has 168 valence electrons. The first-order valence-corrected chi connectivity index (χ1v) is 10.7. The number of amides is 1. The first-order chi connectivity index (χ1) is 16.6. The van der Waals surface area contributed by atoms with Gasteiger partial charge < -0.3 is 15.4 Å². The summed E-state index contributed by atoms with van der Waals surface area (Å²) in [6, 6.07) is 22.7. The van der Waals surface area contributed by atoms with Gasteiger partial charge in [-0.05, 0) is 35.4 Å². The number of hydrogen-bond donors (Lipinski definition) is 2. The molecule has 0 unspecified atom stereocenters. The van der Waals surface area contributed by atoms with Crippen molar-refractivity contribution in [1.29, 1.82) is 0 Å². The highest BCUT2D eigenvalue weighted by atomic mass is 16.5. The standard InChI is InChI=1S/C26H21N5O3/c1-34-26(33)19-9-12-21-22(15-19)29-25(32)23(21)24(18-5-3-2-4-6-18)28-20-10-7-17(8-11-20)16-31-14-13-27-30-31/h2-15,28H,16H2,1H3,(H,29,32)/b24-23-. The number of benzene rings is 3. The maximum atomic E-state index is 13.1. The van der Waals surface area contributed by atoms with Crippen LogP contribution in [0.1, 0.15) is 27.0 Å². The third-order valence-electron chi connectivity index (χ3n) is 5.54. The second-order valence-electron chi connectivity index (χ2n) is 7.74. The summed E-state index contributed by atoms with van der Waals surface area (Å²) in [5, 5.41) is 14.1. The number of carbonyl (C=O) groups excluding carboxylic acids is 2. The van der Waals surface area contributed by atoms with Gasteiger partial charge in [-0.25, -0.2) is 9.48 Å². The molecule has 1 amide bonds. The van der Waals surface area contributed by atoms with Crippen molar-refractivity contribution in [3.63, 3.8) is 0 Å². The Kier molecular flexibility index (Phi) is 5.61. The molecule has 2 heterocycles. The molecule has 0 spiro atoms. The molecule has 0 radical (unpaired) electrons. The van der Waals surface area contributed by atoms with Crippen molar-refractivity contribution in [1.82, 2.24) is 15.0 Å². The van der Waals surface area contributed by atoms with Gasteiger partial charge in [-0.2, -0.15) is 0 Å². The van der Waals surface area contributed by atoms with Gasteiger partial charge in [0.05, 0.1) is 42.4 Å². The molecule has 0 aliphatic carbocycles. The molecule has 3 aromatic carbocycles. The number of esters is 1. The van der Waals surface area contributed by atoms with Crippen molar-refractivity contribution in [2.24, 2.45) is 0 Å². The number of methoxy groups -OCH3 is 1. The van der Waals surface area contributed by atoms with Gasteiger partial charge in [-0.1, -0.05) is 53.7 Å². The van der Waals surface area contributed by atoms with E-state index in [0.29, 0.717) is 34.6 Å². The average Bonchev–Trinajstić information content (AvgIpc) is 3.50. The van der Waals surface area contributed by atoms with E-state index in [-0.39, 0.29) is 5.91 Å². The Hall–Kier alpha value is -4.72. The van der Waals surface area contributed by atoms with Crippen LogP contribution < -0.4 is 10.6 Å². The first-order valence-electron chi connectivity index (χ1n) is 10.7. The van der Waals surface area contributed by atoms with Crippen molar-refractivity contribution in [3.05, 3.63) is 107 Å². The third kappa shape index (κ3) is 4.16. The van der Waals surface area contributed by atoms with Crippen molar-refractivity contribution in [2.75, 3.05) is 17.7 Å². The van der Waals surface area contributed by atoms with E-state index < -0.39 is 5.97 Å². The number of aromatic nitrogens is 3. The van der Waals surface area contributed by atoms with Crippen molar-refractivity contribution in [3.8, 4) is 0 Å². The topological polar surface area (TPSA) is 98.1 Å². The number of anilines is 2. The van der Waals surface area contributed by atoms with Gasteiger partial charge in [0.2, 0.25) is 0 Å². The number of ether oxygens (including phenoxy) is 1. The summed E-state index contributed by atoms with van der Waals surface area (Å²) in [5.41, 5.74) is 5.61. The lowest BCUT2D eigenvalue weighted by molar-refractivity contribution is -0.110. The highest BCUT2D eigenvalue weighted by Crippen LogP contribution is 2.38. The fourth-order valence-electron chi connectivity index (χ4n) is 3.89. The predicted molar refractivity (Wildman–Crippen MR) is 129 cm³/mol. The smallest absolute Gasteiger partial charge is 0.337 e. The molecular formula is C26H21N5O3. The molecule has 0 saturated heterocycles. The van der Waals surface area contributed by atoms with E-state index in [1.165, 1.54) is 7.11 Å². The third-order valence-corrected chi connectivity index (χ3v) is 5.54. The summed E-state index contributed by atoms with van der Waals surface area (Å²) in [5.74, 6) is -0.701. The SMILES string of the molecule is COC(=O)c1ccc2c(c1)NC(=O)/C2=C(\Nc1ccc(Cn2ccnn2)cc1)c1ccccc1. The molecule has 2 N–H and O–H groups in total.